The molecule has 0 aliphatic carbocycles. The van der Waals surface area contributed by atoms with Crippen molar-refractivity contribution in [3.05, 3.63) is 57.8 Å². The first kappa shape index (κ1) is 12.8. The topological polar surface area (TPSA) is 35.8 Å². The van der Waals surface area contributed by atoms with Gasteiger partial charge in [-0.05, 0) is 29.5 Å². The summed E-state index contributed by atoms with van der Waals surface area (Å²) >= 11 is 1.76. The maximum Gasteiger partial charge on any atom is 0.0837 e. The molecule has 0 amide bonds. The van der Waals surface area contributed by atoms with E-state index in [0.717, 1.165) is 12.1 Å². The molecule has 0 spiro atoms. The highest BCUT2D eigenvalue weighted by molar-refractivity contribution is 7.10. The first-order chi connectivity index (χ1) is 8.81. The van der Waals surface area contributed by atoms with E-state index >= 15 is 0 Å². The van der Waals surface area contributed by atoms with Gasteiger partial charge in [-0.2, -0.15) is 5.26 Å². The van der Waals surface area contributed by atoms with Crippen molar-refractivity contribution in [1.82, 2.24) is 5.32 Å². The predicted octanol–water partition coefficient (Wildman–Crippen LogP) is 3.45. The van der Waals surface area contributed by atoms with Gasteiger partial charge in [0.2, 0.25) is 0 Å². The minimum Gasteiger partial charge on any atom is -0.310 e. The van der Waals surface area contributed by atoms with Crippen LogP contribution < -0.4 is 5.32 Å². The number of nitrogens with zero attached hydrogens (tertiary/aromatic N) is 1. The first-order valence-electron chi connectivity index (χ1n) is 5.99. The fraction of sp³-hybridized carbons (Fsp3) is 0.267. The van der Waals surface area contributed by atoms with E-state index in [1.165, 1.54) is 10.4 Å². The number of rotatable bonds is 5. The lowest BCUT2D eigenvalue weighted by Gasteiger charge is -2.10. The average Bonchev–Trinajstić information content (AvgIpc) is 2.81. The smallest absolute Gasteiger partial charge is 0.0837 e. The van der Waals surface area contributed by atoms with E-state index in [1.54, 1.807) is 11.3 Å². The van der Waals surface area contributed by atoms with E-state index in [1.807, 2.05) is 30.3 Å². The zero-order valence-electron chi connectivity index (χ0n) is 10.4. The highest BCUT2D eigenvalue weighted by Gasteiger charge is 2.09. The minimum absolute atomic E-state index is 0.0773. The van der Waals surface area contributed by atoms with Crippen LogP contribution in [0.4, 0.5) is 0 Å². The average molecular weight is 256 g/mol. The molecule has 3 heteroatoms. The van der Waals surface area contributed by atoms with Gasteiger partial charge in [0.1, 0.15) is 0 Å². The maximum atomic E-state index is 9.20. The Balaban J connectivity index is 1.89. The van der Waals surface area contributed by atoms with Crippen molar-refractivity contribution in [3.8, 4) is 6.07 Å². The molecule has 2 rings (SSSR count). The standard InChI is InChI=1S/C15H16N2S/c1-12-7-8-18-15(12)11-17-10-14(9-16)13-5-3-2-4-6-13/h2-8,14,17H,10-11H2,1H3. The molecule has 1 heterocycles. The summed E-state index contributed by atoms with van der Waals surface area (Å²) in [6.07, 6.45) is 0. The molecule has 2 nitrogen and oxygen atoms in total. The number of aryl methyl sites for hydroxylation is 1. The molecule has 1 N–H and O–H groups in total. The summed E-state index contributed by atoms with van der Waals surface area (Å²) < 4.78 is 0. The highest BCUT2D eigenvalue weighted by Crippen LogP contribution is 2.16. The second-order valence-electron chi connectivity index (χ2n) is 4.25. The quantitative estimate of drug-likeness (QED) is 0.889. The van der Waals surface area contributed by atoms with Gasteiger partial charge >= 0.3 is 0 Å². The van der Waals surface area contributed by atoms with Crippen molar-refractivity contribution >= 4 is 11.3 Å². The summed E-state index contributed by atoms with van der Waals surface area (Å²) in [6, 6.07) is 14.4. The van der Waals surface area contributed by atoms with Crippen LogP contribution in [0.2, 0.25) is 0 Å². The van der Waals surface area contributed by atoms with Crippen LogP contribution in [0.5, 0.6) is 0 Å². The van der Waals surface area contributed by atoms with Crippen LogP contribution in [0.15, 0.2) is 41.8 Å². The molecule has 1 atom stereocenters. The van der Waals surface area contributed by atoms with E-state index < -0.39 is 0 Å². The van der Waals surface area contributed by atoms with Crippen LogP contribution in [0, 0.1) is 18.3 Å². The molecule has 1 aromatic carbocycles. The van der Waals surface area contributed by atoms with E-state index in [-0.39, 0.29) is 5.92 Å². The third-order valence-electron chi connectivity index (χ3n) is 2.96. The minimum atomic E-state index is -0.0773. The lowest BCUT2D eigenvalue weighted by Crippen LogP contribution is -2.20. The van der Waals surface area contributed by atoms with Crippen molar-refractivity contribution in [2.24, 2.45) is 0 Å². The summed E-state index contributed by atoms with van der Waals surface area (Å²) in [4.78, 5) is 1.35. The zero-order valence-corrected chi connectivity index (χ0v) is 11.2. The molecule has 0 saturated carbocycles. The molecule has 0 fully saturated rings. The normalized spacial score (nSPS) is 12.0. The summed E-state index contributed by atoms with van der Waals surface area (Å²) in [7, 11) is 0. The molecule has 18 heavy (non-hydrogen) atoms. The van der Waals surface area contributed by atoms with Gasteiger partial charge in [0.15, 0.2) is 0 Å². The largest absolute Gasteiger partial charge is 0.310 e. The SMILES string of the molecule is Cc1ccsc1CNCC(C#N)c1ccccc1. The lowest BCUT2D eigenvalue weighted by molar-refractivity contribution is 0.656. The molecule has 92 valence electrons. The fourth-order valence-corrected chi connectivity index (χ4v) is 2.71. The van der Waals surface area contributed by atoms with Gasteiger partial charge in [0, 0.05) is 18.0 Å². The zero-order chi connectivity index (χ0) is 12.8. The van der Waals surface area contributed by atoms with Crippen molar-refractivity contribution in [1.29, 1.82) is 5.26 Å². The number of benzene rings is 1. The van der Waals surface area contributed by atoms with Crippen LogP contribution in [0.3, 0.4) is 0 Å². The van der Waals surface area contributed by atoms with Crippen LogP contribution in [-0.4, -0.2) is 6.54 Å². The van der Waals surface area contributed by atoms with Crippen molar-refractivity contribution in [3.63, 3.8) is 0 Å². The molecule has 0 aliphatic rings. The van der Waals surface area contributed by atoms with E-state index in [9.17, 15) is 5.26 Å². The first-order valence-corrected chi connectivity index (χ1v) is 6.87. The highest BCUT2D eigenvalue weighted by atomic mass is 32.1. The van der Waals surface area contributed by atoms with E-state index in [4.69, 9.17) is 0 Å². The molecule has 2 aromatic rings. The Morgan fingerprint density at radius 3 is 2.67 bits per heavy atom. The van der Waals surface area contributed by atoms with Crippen molar-refractivity contribution in [2.45, 2.75) is 19.4 Å². The third kappa shape index (κ3) is 3.19. The Morgan fingerprint density at radius 1 is 1.28 bits per heavy atom. The monoisotopic (exact) mass is 256 g/mol. The van der Waals surface area contributed by atoms with Crippen LogP contribution in [0.25, 0.3) is 0 Å². The summed E-state index contributed by atoms with van der Waals surface area (Å²) in [6.45, 7) is 3.65. The van der Waals surface area contributed by atoms with Gasteiger partial charge in [-0.15, -0.1) is 11.3 Å². The van der Waals surface area contributed by atoms with Gasteiger partial charge < -0.3 is 5.32 Å². The molecular weight excluding hydrogens is 240 g/mol. The molecule has 0 radical (unpaired) electrons. The molecule has 1 aromatic heterocycles. The van der Waals surface area contributed by atoms with Gasteiger partial charge in [-0.25, -0.2) is 0 Å². The van der Waals surface area contributed by atoms with E-state index in [0.29, 0.717) is 6.54 Å². The van der Waals surface area contributed by atoms with Gasteiger partial charge in [-0.1, -0.05) is 30.3 Å². The lowest BCUT2D eigenvalue weighted by atomic mass is 10.0. The van der Waals surface area contributed by atoms with Crippen LogP contribution in [-0.2, 0) is 6.54 Å². The molecule has 1 unspecified atom stereocenters. The predicted molar refractivity (Wildman–Crippen MR) is 75.6 cm³/mol. The molecular formula is C15H16N2S. The van der Waals surface area contributed by atoms with Crippen LogP contribution >= 0.6 is 11.3 Å². The number of nitrogens with one attached hydrogen (secondary N) is 1. The second-order valence-corrected chi connectivity index (χ2v) is 5.25. The Kier molecular flexibility index (Phi) is 4.52. The van der Waals surface area contributed by atoms with Crippen LogP contribution in [0.1, 0.15) is 21.9 Å². The fourth-order valence-electron chi connectivity index (χ4n) is 1.84. The number of hydrogen-bond acceptors (Lipinski definition) is 3. The van der Waals surface area contributed by atoms with Gasteiger partial charge in [0.05, 0.1) is 12.0 Å². The molecule has 0 bridgehead atoms. The third-order valence-corrected chi connectivity index (χ3v) is 3.98. The Bertz CT molecular complexity index is 525. The van der Waals surface area contributed by atoms with Crippen molar-refractivity contribution in [2.75, 3.05) is 6.54 Å². The van der Waals surface area contributed by atoms with E-state index in [2.05, 4.69) is 29.8 Å². The molecule has 0 saturated heterocycles. The number of thiophene rings is 1. The Labute approximate surface area is 112 Å². The van der Waals surface area contributed by atoms with Gasteiger partial charge in [0.25, 0.3) is 0 Å². The second kappa shape index (κ2) is 6.34. The van der Waals surface area contributed by atoms with Gasteiger partial charge in [-0.3, -0.25) is 0 Å². The summed E-state index contributed by atoms with van der Waals surface area (Å²) in [5.41, 5.74) is 2.40. The van der Waals surface area contributed by atoms with Crippen molar-refractivity contribution < 1.29 is 0 Å². The summed E-state index contributed by atoms with van der Waals surface area (Å²) in [5, 5.41) is 14.7. The Hall–Kier alpha value is -1.63. The number of nitriles is 1. The summed E-state index contributed by atoms with van der Waals surface area (Å²) in [5.74, 6) is -0.0773. The number of hydrogen-bond donors (Lipinski definition) is 1. The maximum absolute atomic E-state index is 9.20. The molecule has 0 aliphatic heterocycles. The Morgan fingerprint density at radius 2 is 2.06 bits per heavy atom.